The molecule has 0 aliphatic carbocycles. The van der Waals surface area contributed by atoms with Gasteiger partial charge in [0.05, 0.1) is 11.9 Å². The number of rotatable bonds is 12. The van der Waals surface area contributed by atoms with E-state index in [2.05, 4.69) is 5.32 Å². The Labute approximate surface area is 218 Å². The number of nitrogens with zero attached hydrogens (tertiary/aromatic N) is 2. The molecule has 2 aromatic carbocycles. The Bertz CT molecular complexity index is 1110. The fourth-order valence-electron chi connectivity index (χ4n) is 3.48. The Hall–Kier alpha value is -2.29. The summed E-state index contributed by atoms with van der Waals surface area (Å²) in [5.41, 5.74) is 1.20. The molecule has 0 saturated carbocycles. The van der Waals surface area contributed by atoms with Crippen LogP contribution in [0.2, 0.25) is 10.0 Å². The van der Waals surface area contributed by atoms with Crippen LogP contribution in [0, 0.1) is 0 Å². The first-order valence-electron chi connectivity index (χ1n) is 11.5. The van der Waals surface area contributed by atoms with Gasteiger partial charge in [-0.05, 0) is 56.5 Å². The second-order valence-corrected chi connectivity index (χ2v) is 11.3. The Morgan fingerprint density at radius 1 is 1.06 bits per heavy atom. The van der Waals surface area contributed by atoms with Crippen LogP contribution >= 0.6 is 23.2 Å². The van der Waals surface area contributed by atoms with Gasteiger partial charge in [-0.15, -0.1) is 0 Å². The summed E-state index contributed by atoms with van der Waals surface area (Å²) in [5.74, 6) is -0.538. The lowest BCUT2D eigenvalue weighted by molar-refractivity contribution is -0.140. The van der Waals surface area contributed by atoms with Gasteiger partial charge < -0.3 is 10.2 Å². The van der Waals surface area contributed by atoms with Gasteiger partial charge in [-0.25, -0.2) is 8.42 Å². The molecule has 2 rings (SSSR count). The lowest BCUT2D eigenvalue weighted by Crippen LogP contribution is -2.49. The van der Waals surface area contributed by atoms with E-state index in [1.165, 1.54) is 9.21 Å². The van der Waals surface area contributed by atoms with E-state index in [4.69, 9.17) is 23.2 Å². The number of carbonyl (C=O) groups excluding carboxylic acids is 2. The van der Waals surface area contributed by atoms with Gasteiger partial charge in [0.15, 0.2) is 0 Å². The third-order valence-electron chi connectivity index (χ3n) is 5.72. The predicted molar refractivity (Wildman–Crippen MR) is 142 cm³/mol. The Kier molecular flexibility index (Phi) is 10.9. The van der Waals surface area contributed by atoms with Crippen molar-refractivity contribution in [3.8, 4) is 0 Å². The molecule has 7 nitrogen and oxygen atoms in total. The molecule has 0 bridgehead atoms. The molecule has 35 heavy (non-hydrogen) atoms. The van der Waals surface area contributed by atoms with E-state index >= 15 is 0 Å². The molecule has 0 fully saturated rings. The third kappa shape index (κ3) is 8.70. The highest BCUT2D eigenvalue weighted by Gasteiger charge is 2.27. The Morgan fingerprint density at radius 2 is 1.71 bits per heavy atom. The number of hydrogen-bond donors (Lipinski definition) is 1. The minimum atomic E-state index is -3.53. The van der Waals surface area contributed by atoms with Crippen molar-refractivity contribution in [2.45, 2.75) is 58.7 Å². The molecule has 0 saturated heterocycles. The van der Waals surface area contributed by atoms with Crippen molar-refractivity contribution in [2.24, 2.45) is 0 Å². The SMILES string of the molecule is CC[C@@H](C)NC(=O)[C@H](C)N(Cc1ccc(Cl)cc1Cl)C(=O)CCCN(c1ccccc1)S(C)(=O)=O. The van der Waals surface area contributed by atoms with Crippen LogP contribution in [0.5, 0.6) is 0 Å². The van der Waals surface area contributed by atoms with Gasteiger partial charge in [0.1, 0.15) is 6.04 Å². The number of carbonyl (C=O) groups is 2. The number of sulfonamides is 1. The first-order chi connectivity index (χ1) is 16.4. The number of hydrogen-bond acceptors (Lipinski definition) is 4. The van der Waals surface area contributed by atoms with Crippen molar-refractivity contribution >= 4 is 50.7 Å². The summed E-state index contributed by atoms with van der Waals surface area (Å²) in [7, 11) is -3.53. The van der Waals surface area contributed by atoms with Crippen molar-refractivity contribution < 1.29 is 18.0 Å². The largest absolute Gasteiger partial charge is 0.352 e. The highest BCUT2D eigenvalue weighted by Crippen LogP contribution is 2.24. The topological polar surface area (TPSA) is 86.8 Å². The van der Waals surface area contributed by atoms with Crippen LogP contribution in [0.4, 0.5) is 5.69 Å². The zero-order valence-electron chi connectivity index (χ0n) is 20.5. The minimum absolute atomic E-state index is 0.0322. The van der Waals surface area contributed by atoms with Crippen molar-refractivity contribution in [3.05, 3.63) is 64.1 Å². The first kappa shape index (κ1) is 28.9. The third-order valence-corrected chi connectivity index (χ3v) is 7.50. The summed E-state index contributed by atoms with van der Waals surface area (Å²) >= 11 is 12.3. The second kappa shape index (κ2) is 13.1. The van der Waals surface area contributed by atoms with Crippen molar-refractivity contribution in [3.63, 3.8) is 0 Å². The molecule has 1 N–H and O–H groups in total. The number of anilines is 1. The van der Waals surface area contributed by atoms with E-state index in [9.17, 15) is 18.0 Å². The molecule has 0 aliphatic heterocycles. The molecule has 0 aromatic heterocycles. The average Bonchev–Trinajstić information content (AvgIpc) is 2.80. The van der Waals surface area contributed by atoms with Crippen LogP contribution < -0.4 is 9.62 Å². The van der Waals surface area contributed by atoms with Gasteiger partial charge in [-0.3, -0.25) is 13.9 Å². The van der Waals surface area contributed by atoms with E-state index in [1.807, 2.05) is 13.8 Å². The van der Waals surface area contributed by atoms with E-state index in [0.717, 1.165) is 12.7 Å². The number of nitrogens with one attached hydrogen (secondary N) is 1. The smallest absolute Gasteiger partial charge is 0.242 e. The fraction of sp³-hybridized carbons (Fsp3) is 0.440. The van der Waals surface area contributed by atoms with E-state index in [0.29, 0.717) is 21.3 Å². The molecule has 0 aliphatic rings. The average molecular weight is 543 g/mol. The molecule has 2 amide bonds. The van der Waals surface area contributed by atoms with Gasteiger partial charge in [0.2, 0.25) is 21.8 Å². The summed E-state index contributed by atoms with van der Waals surface area (Å²) in [4.78, 5) is 27.6. The zero-order valence-corrected chi connectivity index (χ0v) is 22.8. The molecule has 2 aromatic rings. The van der Waals surface area contributed by atoms with Gasteiger partial charge >= 0.3 is 0 Å². The van der Waals surface area contributed by atoms with Crippen LogP contribution in [0.3, 0.4) is 0 Å². The monoisotopic (exact) mass is 541 g/mol. The lowest BCUT2D eigenvalue weighted by Gasteiger charge is -2.30. The number of halogens is 2. The van der Waals surface area contributed by atoms with Gasteiger partial charge in [-0.1, -0.05) is 54.4 Å². The summed E-state index contributed by atoms with van der Waals surface area (Å²) < 4.78 is 25.9. The van der Waals surface area contributed by atoms with Crippen LogP contribution in [0.15, 0.2) is 48.5 Å². The Balaban J connectivity index is 2.19. The maximum Gasteiger partial charge on any atom is 0.242 e. The van der Waals surface area contributed by atoms with Crippen LogP contribution in [-0.2, 0) is 26.2 Å². The summed E-state index contributed by atoms with van der Waals surface area (Å²) in [6, 6.07) is 13.0. The van der Waals surface area contributed by atoms with Gasteiger partial charge in [-0.2, -0.15) is 0 Å². The number of benzene rings is 2. The van der Waals surface area contributed by atoms with E-state index < -0.39 is 16.1 Å². The quantitative estimate of drug-likeness (QED) is 0.415. The Morgan fingerprint density at radius 3 is 2.29 bits per heavy atom. The maximum absolute atomic E-state index is 13.3. The highest BCUT2D eigenvalue weighted by atomic mass is 35.5. The number of para-hydroxylation sites is 1. The van der Waals surface area contributed by atoms with Crippen LogP contribution in [0.1, 0.15) is 45.6 Å². The molecule has 0 radical (unpaired) electrons. The number of amides is 2. The van der Waals surface area contributed by atoms with Crippen molar-refractivity contribution in [2.75, 3.05) is 17.1 Å². The predicted octanol–water partition coefficient (Wildman–Crippen LogP) is 4.87. The second-order valence-electron chi connectivity index (χ2n) is 8.53. The van der Waals surface area contributed by atoms with Crippen molar-refractivity contribution in [1.29, 1.82) is 0 Å². The first-order valence-corrected chi connectivity index (χ1v) is 14.1. The summed E-state index contributed by atoms with van der Waals surface area (Å²) in [6.45, 7) is 5.80. The fourth-order valence-corrected chi connectivity index (χ4v) is 4.91. The highest BCUT2D eigenvalue weighted by molar-refractivity contribution is 7.92. The standard InChI is InChI=1S/C25H33Cl2N3O4S/c1-5-18(2)28-25(32)19(3)29(17-20-13-14-21(26)16-23(20)27)24(31)12-9-15-30(35(4,33)34)22-10-7-6-8-11-22/h6-8,10-11,13-14,16,18-19H,5,9,12,15,17H2,1-4H3,(H,28,32)/t18-,19+/m1/s1. The maximum atomic E-state index is 13.3. The lowest BCUT2D eigenvalue weighted by atomic mass is 10.1. The van der Waals surface area contributed by atoms with Crippen molar-refractivity contribution in [1.82, 2.24) is 10.2 Å². The molecule has 2 atom stereocenters. The normalized spacial score (nSPS) is 13.1. The molecule has 0 unspecified atom stereocenters. The van der Waals surface area contributed by atoms with Gasteiger partial charge in [0.25, 0.3) is 0 Å². The molecule has 0 heterocycles. The van der Waals surface area contributed by atoms with Crippen LogP contribution in [-0.4, -0.2) is 50.0 Å². The van der Waals surface area contributed by atoms with E-state index in [1.54, 1.807) is 55.5 Å². The van der Waals surface area contributed by atoms with E-state index in [-0.39, 0.29) is 43.8 Å². The summed E-state index contributed by atoms with van der Waals surface area (Å²) in [6.07, 6.45) is 2.24. The zero-order chi connectivity index (χ0) is 26.2. The molecule has 10 heteroatoms. The van der Waals surface area contributed by atoms with Crippen LogP contribution in [0.25, 0.3) is 0 Å². The molecular weight excluding hydrogens is 509 g/mol. The molecular formula is C25H33Cl2N3O4S. The molecule has 192 valence electrons. The molecule has 0 spiro atoms. The minimum Gasteiger partial charge on any atom is -0.352 e. The van der Waals surface area contributed by atoms with Gasteiger partial charge in [0, 0.05) is 35.6 Å². The summed E-state index contributed by atoms with van der Waals surface area (Å²) in [5, 5.41) is 3.79.